The van der Waals surface area contributed by atoms with E-state index in [4.69, 9.17) is 0 Å². The fraction of sp³-hybridized carbons (Fsp3) is 0.250. The average Bonchev–Trinajstić information content (AvgIpc) is 2.66. The van der Waals surface area contributed by atoms with Crippen molar-refractivity contribution in [3.63, 3.8) is 0 Å². The van der Waals surface area contributed by atoms with Crippen molar-refractivity contribution in [3.8, 4) is 0 Å². The standard InChI is InChI=1S/C20H23N3O3/c1-15(16(2)24)21-22-19(25)13-14-20(26)23(17-9-5-3-6-10-17)18-11-7-4-8-12-18/h3-12,16,24H,13-14H2,1-2H3,(H,22,25)/b21-15-/t16-/m1/s1. The molecule has 0 aliphatic rings. The summed E-state index contributed by atoms with van der Waals surface area (Å²) in [6, 6.07) is 18.6. The molecule has 2 amide bonds. The average molecular weight is 353 g/mol. The predicted molar refractivity (Wildman–Crippen MR) is 102 cm³/mol. The van der Waals surface area contributed by atoms with E-state index in [-0.39, 0.29) is 24.7 Å². The van der Waals surface area contributed by atoms with Gasteiger partial charge in [0.15, 0.2) is 0 Å². The molecule has 0 spiro atoms. The molecule has 0 saturated carbocycles. The minimum absolute atomic E-state index is 0.00555. The molecular weight excluding hydrogens is 330 g/mol. The number of carbonyl (C=O) groups is 2. The second-order valence-electron chi connectivity index (χ2n) is 5.86. The van der Waals surface area contributed by atoms with Crippen LogP contribution in [0.25, 0.3) is 0 Å². The molecule has 2 aromatic carbocycles. The van der Waals surface area contributed by atoms with Crippen molar-refractivity contribution in [2.45, 2.75) is 32.8 Å². The number of hydrogen-bond donors (Lipinski definition) is 2. The van der Waals surface area contributed by atoms with Gasteiger partial charge in [0, 0.05) is 24.2 Å². The maximum Gasteiger partial charge on any atom is 0.240 e. The number of rotatable bonds is 7. The SMILES string of the molecule is C/C(=N/NC(=O)CCC(=O)N(c1ccccc1)c1ccccc1)[C@@H](C)O. The zero-order valence-corrected chi connectivity index (χ0v) is 14.9. The Morgan fingerprint density at radius 1 is 1.00 bits per heavy atom. The maximum atomic E-state index is 12.8. The van der Waals surface area contributed by atoms with Gasteiger partial charge in [-0.05, 0) is 38.1 Å². The lowest BCUT2D eigenvalue weighted by molar-refractivity contribution is -0.124. The molecule has 2 aromatic rings. The van der Waals surface area contributed by atoms with Crippen molar-refractivity contribution in [2.24, 2.45) is 5.10 Å². The fourth-order valence-corrected chi connectivity index (χ4v) is 2.22. The Bertz CT molecular complexity index is 719. The molecule has 0 saturated heterocycles. The zero-order valence-electron chi connectivity index (χ0n) is 14.9. The van der Waals surface area contributed by atoms with Crippen LogP contribution in [0, 0.1) is 0 Å². The van der Waals surface area contributed by atoms with E-state index in [2.05, 4.69) is 10.5 Å². The number of hydrogen-bond acceptors (Lipinski definition) is 4. The van der Waals surface area contributed by atoms with Gasteiger partial charge in [-0.25, -0.2) is 5.43 Å². The largest absolute Gasteiger partial charge is 0.387 e. The van der Waals surface area contributed by atoms with Crippen molar-refractivity contribution < 1.29 is 14.7 Å². The highest BCUT2D eigenvalue weighted by Crippen LogP contribution is 2.26. The lowest BCUT2D eigenvalue weighted by Gasteiger charge is -2.23. The number of aliphatic hydroxyl groups is 1. The number of aliphatic hydroxyl groups excluding tert-OH is 1. The number of para-hydroxylation sites is 2. The van der Waals surface area contributed by atoms with Gasteiger partial charge in [0.2, 0.25) is 11.8 Å². The molecule has 0 radical (unpaired) electrons. The summed E-state index contributed by atoms with van der Waals surface area (Å²) in [4.78, 5) is 26.3. The summed E-state index contributed by atoms with van der Waals surface area (Å²) >= 11 is 0. The van der Waals surface area contributed by atoms with E-state index >= 15 is 0 Å². The second kappa shape index (κ2) is 9.48. The first kappa shape index (κ1) is 19.3. The third-order valence-electron chi connectivity index (χ3n) is 3.81. The summed E-state index contributed by atoms with van der Waals surface area (Å²) in [5.74, 6) is -0.562. The van der Waals surface area contributed by atoms with Gasteiger partial charge in [-0.1, -0.05) is 36.4 Å². The highest BCUT2D eigenvalue weighted by molar-refractivity contribution is 6.01. The van der Waals surface area contributed by atoms with Crippen LogP contribution in [0.4, 0.5) is 11.4 Å². The van der Waals surface area contributed by atoms with Crippen LogP contribution in [0.3, 0.4) is 0 Å². The first-order chi connectivity index (χ1) is 12.5. The van der Waals surface area contributed by atoms with Gasteiger partial charge in [-0.3, -0.25) is 14.5 Å². The third kappa shape index (κ3) is 5.53. The molecule has 0 aliphatic heterocycles. The van der Waals surface area contributed by atoms with E-state index < -0.39 is 6.10 Å². The first-order valence-corrected chi connectivity index (χ1v) is 8.43. The minimum atomic E-state index is -0.733. The van der Waals surface area contributed by atoms with Gasteiger partial charge < -0.3 is 5.11 Å². The molecule has 0 aromatic heterocycles. The highest BCUT2D eigenvalue weighted by Gasteiger charge is 2.18. The van der Waals surface area contributed by atoms with Crippen LogP contribution in [-0.4, -0.2) is 28.7 Å². The first-order valence-electron chi connectivity index (χ1n) is 8.43. The Morgan fingerprint density at radius 2 is 1.50 bits per heavy atom. The van der Waals surface area contributed by atoms with Crippen LogP contribution in [0.1, 0.15) is 26.7 Å². The highest BCUT2D eigenvalue weighted by atomic mass is 16.3. The number of carbonyl (C=O) groups excluding carboxylic acids is 2. The number of nitrogens with one attached hydrogen (secondary N) is 1. The molecule has 0 unspecified atom stereocenters. The Balaban J connectivity index is 2.06. The van der Waals surface area contributed by atoms with Crippen molar-refractivity contribution in [1.29, 1.82) is 0 Å². The van der Waals surface area contributed by atoms with Crippen LogP contribution in [0.2, 0.25) is 0 Å². The van der Waals surface area contributed by atoms with Gasteiger partial charge in [0.25, 0.3) is 0 Å². The van der Waals surface area contributed by atoms with E-state index in [9.17, 15) is 14.7 Å². The van der Waals surface area contributed by atoms with E-state index in [0.717, 1.165) is 11.4 Å². The monoisotopic (exact) mass is 353 g/mol. The third-order valence-corrected chi connectivity index (χ3v) is 3.81. The van der Waals surface area contributed by atoms with Gasteiger partial charge in [0.05, 0.1) is 11.8 Å². The Morgan fingerprint density at radius 3 is 1.96 bits per heavy atom. The van der Waals surface area contributed by atoms with Crippen LogP contribution in [0.5, 0.6) is 0 Å². The van der Waals surface area contributed by atoms with Gasteiger partial charge in [0.1, 0.15) is 0 Å². The lowest BCUT2D eigenvalue weighted by Crippen LogP contribution is -2.28. The summed E-state index contributed by atoms with van der Waals surface area (Å²) in [7, 11) is 0. The minimum Gasteiger partial charge on any atom is -0.387 e. The van der Waals surface area contributed by atoms with Crippen LogP contribution in [-0.2, 0) is 9.59 Å². The van der Waals surface area contributed by atoms with E-state index in [1.807, 2.05) is 60.7 Å². The Kier molecular flexibility index (Phi) is 7.05. The van der Waals surface area contributed by atoms with E-state index in [1.165, 1.54) is 0 Å². The molecule has 0 heterocycles. The number of anilines is 2. The molecule has 2 rings (SSSR count). The summed E-state index contributed by atoms with van der Waals surface area (Å²) in [5.41, 5.74) is 4.24. The zero-order chi connectivity index (χ0) is 18.9. The summed E-state index contributed by atoms with van der Waals surface area (Å²) in [6.07, 6.45) is -0.687. The lowest BCUT2D eigenvalue weighted by atomic mass is 10.2. The number of benzene rings is 2. The van der Waals surface area contributed by atoms with Crippen molar-refractivity contribution >= 4 is 28.9 Å². The van der Waals surface area contributed by atoms with E-state index in [0.29, 0.717) is 5.71 Å². The number of amides is 2. The van der Waals surface area contributed by atoms with Crippen LogP contribution in [0.15, 0.2) is 65.8 Å². The molecule has 0 aliphatic carbocycles. The van der Waals surface area contributed by atoms with E-state index in [1.54, 1.807) is 18.7 Å². The Labute approximate surface area is 153 Å². The summed E-state index contributed by atoms with van der Waals surface area (Å²) in [5, 5.41) is 13.1. The fourth-order valence-electron chi connectivity index (χ4n) is 2.22. The second-order valence-corrected chi connectivity index (χ2v) is 5.86. The van der Waals surface area contributed by atoms with Crippen LogP contribution < -0.4 is 10.3 Å². The van der Waals surface area contributed by atoms with Gasteiger partial charge >= 0.3 is 0 Å². The molecule has 6 heteroatoms. The molecule has 6 nitrogen and oxygen atoms in total. The predicted octanol–water partition coefficient (Wildman–Crippen LogP) is 3.00. The maximum absolute atomic E-state index is 12.8. The molecular formula is C20H23N3O3. The molecule has 2 N–H and O–H groups in total. The molecule has 0 fully saturated rings. The Hall–Kier alpha value is -2.99. The molecule has 0 bridgehead atoms. The molecule has 26 heavy (non-hydrogen) atoms. The normalized spacial score (nSPS) is 12.3. The van der Waals surface area contributed by atoms with Gasteiger partial charge in [-0.2, -0.15) is 5.10 Å². The van der Waals surface area contributed by atoms with Crippen molar-refractivity contribution in [2.75, 3.05) is 4.90 Å². The molecule has 1 atom stereocenters. The summed E-state index contributed by atoms with van der Waals surface area (Å²) in [6.45, 7) is 3.18. The number of nitrogens with zero attached hydrogens (tertiary/aromatic N) is 2. The van der Waals surface area contributed by atoms with Crippen molar-refractivity contribution in [1.82, 2.24) is 5.43 Å². The quantitative estimate of drug-likeness (QED) is 0.593. The number of hydrazone groups is 1. The summed E-state index contributed by atoms with van der Waals surface area (Å²) < 4.78 is 0. The smallest absolute Gasteiger partial charge is 0.240 e. The molecule has 136 valence electrons. The van der Waals surface area contributed by atoms with Crippen molar-refractivity contribution in [3.05, 3.63) is 60.7 Å². The van der Waals surface area contributed by atoms with Gasteiger partial charge in [-0.15, -0.1) is 0 Å². The van der Waals surface area contributed by atoms with Crippen LogP contribution >= 0.6 is 0 Å². The topological polar surface area (TPSA) is 82.0 Å².